The van der Waals surface area contributed by atoms with Crippen molar-refractivity contribution >= 4 is 12.0 Å². The Morgan fingerprint density at radius 3 is 2.33 bits per heavy atom. The Labute approximate surface area is 141 Å². The molecule has 0 bridgehead atoms. The number of carbonyl (C=O) groups is 2. The molecule has 1 fully saturated rings. The van der Waals surface area contributed by atoms with E-state index in [9.17, 15) is 14.0 Å². The van der Waals surface area contributed by atoms with Gasteiger partial charge in [-0.2, -0.15) is 0 Å². The van der Waals surface area contributed by atoms with Gasteiger partial charge in [0.2, 0.25) is 0 Å². The van der Waals surface area contributed by atoms with Crippen LogP contribution in [0.25, 0.3) is 0 Å². The fraction of sp³-hybridized carbons (Fsp3) is 0.529. The van der Waals surface area contributed by atoms with E-state index in [-0.39, 0.29) is 29.4 Å². The number of rotatable bonds is 4. The van der Waals surface area contributed by atoms with Crippen LogP contribution in [0.2, 0.25) is 0 Å². The van der Waals surface area contributed by atoms with Crippen molar-refractivity contribution in [3.63, 3.8) is 0 Å². The highest BCUT2D eigenvalue weighted by Crippen LogP contribution is 2.21. The van der Waals surface area contributed by atoms with Crippen molar-refractivity contribution in [2.24, 2.45) is 0 Å². The molecule has 1 heterocycles. The van der Waals surface area contributed by atoms with Crippen LogP contribution in [-0.4, -0.2) is 60.7 Å². The van der Waals surface area contributed by atoms with Gasteiger partial charge in [0.25, 0.3) is 5.91 Å². The van der Waals surface area contributed by atoms with Gasteiger partial charge in [0.1, 0.15) is 0 Å². The first kappa shape index (κ1) is 18.0. The second-order valence-corrected chi connectivity index (χ2v) is 5.79. The standard InChI is InChI=1S/C17H23FN2O4/c1-4-23-17(22)20-9-7-19(8-10-20)16(21)13-5-6-15(14(18)11-13)24-12(2)3/h5-6,11-12H,4,7-10H2,1-3H3. The van der Waals surface area contributed by atoms with Gasteiger partial charge in [-0.25, -0.2) is 9.18 Å². The Hall–Kier alpha value is -2.31. The monoisotopic (exact) mass is 338 g/mol. The number of benzene rings is 1. The van der Waals surface area contributed by atoms with E-state index in [0.29, 0.717) is 32.8 Å². The second kappa shape index (κ2) is 7.99. The smallest absolute Gasteiger partial charge is 0.409 e. The average molecular weight is 338 g/mol. The molecule has 0 aliphatic carbocycles. The lowest BCUT2D eigenvalue weighted by Gasteiger charge is -2.34. The van der Waals surface area contributed by atoms with E-state index in [0.717, 1.165) is 0 Å². The summed E-state index contributed by atoms with van der Waals surface area (Å²) in [6.07, 6.45) is -0.511. The van der Waals surface area contributed by atoms with Gasteiger partial charge >= 0.3 is 6.09 Å². The number of ether oxygens (including phenoxy) is 2. The molecule has 0 atom stereocenters. The molecule has 2 rings (SSSR count). The molecule has 0 spiro atoms. The molecule has 0 aromatic heterocycles. The van der Waals surface area contributed by atoms with Gasteiger partial charge in [-0.1, -0.05) is 0 Å². The van der Waals surface area contributed by atoms with Crippen LogP contribution in [-0.2, 0) is 4.74 Å². The first-order valence-corrected chi connectivity index (χ1v) is 8.09. The maximum atomic E-state index is 14.0. The molecule has 1 aliphatic rings. The van der Waals surface area contributed by atoms with Crippen LogP contribution in [0.15, 0.2) is 18.2 Å². The number of halogens is 1. The van der Waals surface area contributed by atoms with Crippen LogP contribution in [0.5, 0.6) is 5.75 Å². The normalized spacial score (nSPS) is 14.7. The zero-order chi connectivity index (χ0) is 17.7. The van der Waals surface area contributed by atoms with Crippen molar-refractivity contribution in [2.75, 3.05) is 32.8 Å². The predicted octanol–water partition coefficient (Wildman–Crippen LogP) is 2.53. The lowest BCUT2D eigenvalue weighted by Crippen LogP contribution is -2.50. The predicted molar refractivity (Wildman–Crippen MR) is 86.7 cm³/mol. The summed E-state index contributed by atoms with van der Waals surface area (Å²) in [5, 5.41) is 0. The molecule has 7 heteroatoms. The first-order valence-electron chi connectivity index (χ1n) is 8.09. The summed E-state index contributed by atoms with van der Waals surface area (Å²) in [5.74, 6) is -0.679. The minimum absolute atomic E-state index is 0.133. The number of carbonyl (C=O) groups excluding carboxylic acids is 2. The van der Waals surface area contributed by atoms with Crippen LogP contribution < -0.4 is 4.74 Å². The van der Waals surface area contributed by atoms with E-state index in [1.807, 2.05) is 13.8 Å². The maximum absolute atomic E-state index is 14.0. The van der Waals surface area contributed by atoms with Gasteiger partial charge in [0, 0.05) is 31.7 Å². The fourth-order valence-electron chi connectivity index (χ4n) is 2.47. The molecule has 0 unspecified atom stereocenters. The number of amides is 2. The zero-order valence-electron chi connectivity index (χ0n) is 14.3. The van der Waals surface area contributed by atoms with Crippen LogP contribution in [0.1, 0.15) is 31.1 Å². The number of hydrogen-bond donors (Lipinski definition) is 0. The largest absolute Gasteiger partial charge is 0.488 e. The van der Waals surface area contributed by atoms with Crippen LogP contribution in [0.3, 0.4) is 0 Å². The topological polar surface area (TPSA) is 59.1 Å². The molecule has 6 nitrogen and oxygen atoms in total. The summed E-state index contributed by atoms with van der Waals surface area (Å²) in [4.78, 5) is 27.3. The lowest BCUT2D eigenvalue weighted by atomic mass is 10.1. The molecular formula is C17H23FN2O4. The fourth-order valence-corrected chi connectivity index (χ4v) is 2.47. The molecule has 1 aromatic rings. The second-order valence-electron chi connectivity index (χ2n) is 5.79. The van der Waals surface area contributed by atoms with E-state index in [4.69, 9.17) is 9.47 Å². The molecule has 132 valence electrons. The molecule has 1 saturated heterocycles. The summed E-state index contributed by atoms with van der Waals surface area (Å²) in [7, 11) is 0. The highest BCUT2D eigenvalue weighted by atomic mass is 19.1. The Balaban J connectivity index is 1.98. The van der Waals surface area contributed by atoms with Gasteiger partial charge in [0.15, 0.2) is 11.6 Å². The van der Waals surface area contributed by atoms with E-state index < -0.39 is 5.82 Å². The minimum Gasteiger partial charge on any atom is -0.488 e. The van der Waals surface area contributed by atoms with Crippen molar-refractivity contribution < 1.29 is 23.5 Å². The highest BCUT2D eigenvalue weighted by molar-refractivity contribution is 5.94. The minimum atomic E-state index is -0.556. The SMILES string of the molecule is CCOC(=O)N1CCN(C(=O)c2ccc(OC(C)C)c(F)c2)CC1. The Bertz CT molecular complexity index is 598. The summed E-state index contributed by atoms with van der Waals surface area (Å²) in [6, 6.07) is 4.22. The number of nitrogens with zero attached hydrogens (tertiary/aromatic N) is 2. The molecule has 0 N–H and O–H groups in total. The van der Waals surface area contributed by atoms with Crippen molar-refractivity contribution in [3.05, 3.63) is 29.6 Å². The Morgan fingerprint density at radius 2 is 1.79 bits per heavy atom. The van der Waals surface area contributed by atoms with Crippen molar-refractivity contribution in [1.82, 2.24) is 9.80 Å². The third-order valence-electron chi connectivity index (χ3n) is 3.63. The number of hydrogen-bond acceptors (Lipinski definition) is 4. The summed E-state index contributed by atoms with van der Waals surface area (Å²) in [6.45, 7) is 7.28. The summed E-state index contributed by atoms with van der Waals surface area (Å²) < 4.78 is 24.3. The van der Waals surface area contributed by atoms with E-state index in [1.165, 1.54) is 12.1 Å². The molecule has 2 amide bonds. The Morgan fingerprint density at radius 1 is 1.17 bits per heavy atom. The first-order chi connectivity index (χ1) is 11.4. The van der Waals surface area contributed by atoms with Crippen molar-refractivity contribution in [1.29, 1.82) is 0 Å². The molecule has 24 heavy (non-hydrogen) atoms. The van der Waals surface area contributed by atoms with Gasteiger partial charge < -0.3 is 19.3 Å². The summed E-state index contributed by atoms with van der Waals surface area (Å²) in [5.41, 5.74) is 0.271. The number of piperazine rings is 1. The summed E-state index contributed by atoms with van der Waals surface area (Å²) >= 11 is 0. The Kier molecular flexibility index (Phi) is 6.00. The molecule has 1 aromatic carbocycles. The third-order valence-corrected chi connectivity index (χ3v) is 3.63. The van der Waals surface area contributed by atoms with E-state index in [1.54, 1.807) is 22.8 Å². The van der Waals surface area contributed by atoms with Crippen LogP contribution in [0, 0.1) is 5.82 Å². The zero-order valence-corrected chi connectivity index (χ0v) is 14.3. The van der Waals surface area contributed by atoms with Crippen LogP contribution >= 0.6 is 0 Å². The van der Waals surface area contributed by atoms with Crippen molar-refractivity contribution in [3.8, 4) is 5.75 Å². The van der Waals surface area contributed by atoms with Gasteiger partial charge in [-0.05, 0) is 39.0 Å². The van der Waals surface area contributed by atoms with E-state index >= 15 is 0 Å². The van der Waals surface area contributed by atoms with E-state index in [2.05, 4.69) is 0 Å². The highest BCUT2D eigenvalue weighted by Gasteiger charge is 2.26. The molecule has 0 saturated carbocycles. The molecule has 0 radical (unpaired) electrons. The quantitative estimate of drug-likeness (QED) is 0.846. The maximum Gasteiger partial charge on any atom is 0.409 e. The van der Waals surface area contributed by atoms with Gasteiger partial charge in [-0.15, -0.1) is 0 Å². The average Bonchev–Trinajstić information content (AvgIpc) is 2.56. The van der Waals surface area contributed by atoms with Crippen LogP contribution in [0.4, 0.5) is 9.18 Å². The third kappa shape index (κ3) is 4.37. The van der Waals surface area contributed by atoms with Crippen molar-refractivity contribution in [2.45, 2.75) is 26.9 Å². The van der Waals surface area contributed by atoms with Gasteiger partial charge in [0.05, 0.1) is 12.7 Å². The molecule has 1 aliphatic heterocycles. The lowest BCUT2D eigenvalue weighted by molar-refractivity contribution is 0.0570. The van der Waals surface area contributed by atoms with Gasteiger partial charge in [-0.3, -0.25) is 4.79 Å². The molecular weight excluding hydrogens is 315 g/mol.